The van der Waals surface area contributed by atoms with Gasteiger partial charge in [0.15, 0.2) is 0 Å². The smallest absolute Gasteiger partial charge is 0.116 e. The normalized spacial score (nSPS) is 20.5. The fourth-order valence-corrected chi connectivity index (χ4v) is 10.6. The van der Waals surface area contributed by atoms with Gasteiger partial charge in [0, 0.05) is 60.1 Å². The number of thioether (sulfide) groups is 1. The highest BCUT2D eigenvalue weighted by Crippen LogP contribution is 2.41. The van der Waals surface area contributed by atoms with Gasteiger partial charge in [0.25, 0.3) is 0 Å². The molecule has 4 fully saturated rings. The number of benzene rings is 2. The van der Waals surface area contributed by atoms with Crippen molar-refractivity contribution in [1.82, 2.24) is 24.8 Å². The first-order valence-electron chi connectivity index (χ1n) is 23.2. The third-order valence-corrected chi connectivity index (χ3v) is 14.4. The van der Waals surface area contributed by atoms with E-state index in [9.17, 15) is 0 Å². The van der Waals surface area contributed by atoms with Crippen LogP contribution in [0.3, 0.4) is 0 Å². The average molecular weight is 883 g/mol. The fourth-order valence-electron chi connectivity index (χ4n) is 8.81. The second-order valence-corrected chi connectivity index (χ2v) is 19.9. The predicted octanol–water partition coefficient (Wildman–Crippen LogP) is 10.7. The molecule has 4 aliphatic rings. The highest BCUT2D eigenvalue weighted by atomic mass is 32.2. The summed E-state index contributed by atoms with van der Waals surface area (Å²) in [6, 6.07) is 15.6. The molecule has 2 aliphatic heterocycles. The Hall–Kier alpha value is -3.97. The van der Waals surface area contributed by atoms with E-state index in [1.807, 2.05) is 26.2 Å². The highest BCUT2D eigenvalue weighted by Gasteiger charge is 2.37. The number of fused-ring (bicyclic) bond motifs is 1. The Morgan fingerprint density at radius 1 is 0.839 bits per heavy atom. The molecule has 0 bridgehead atoms. The second kappa shape index (κ2) is 22.6. The van der Waals surface area contributed by atoms with Gasteiger partial charge in [-0.2, -0.15) is 0 Å². The Morgan fingerprint density at radius 3 is 1.89 bits per heavy atom. The Balaban J connectivity index is 0.000000226. The van der Waals surface area contributed by atoms with Crippen LogP contribution in [0.15, 0.2) is 95.8 Å². The largest absolute Gasteiger partial charge is 0.401 e. The lowest BCUT2D eigenvalue weighted by atomic mass is 9.99. The van der Waals surface area contributed by atoms with Crippen molar-refractivity contribution in [3.8, 4) is 0 Å². The van der Waals surface area contributed by atoms with Crippen molar-refractivity contribution in [2.75, 3.05) is 19.3 Å². The number of hydrogen-bond donors (Lipinski definition) is 4. The number of likely N-dealkylation sites (tertiary alicyclic amines) is 2. The molecule has 2 aliphatic carbocycles. The number of aromatic nitrogens is 1. The zero-order chi connectivity index (χ0) is 45.2. The van der Waals surface area contributed by atoms with Crippen molar-refractivity contribution >= 4 is 44.0 Å². The van der Waals surface area contributed by atoms with Crippen molar-refractivity contribution < 1.29 is 0 Å². The first-order valence-corrected chi connectivity index (χ1v) is 25.2. The topological polar surface area (TPSA) is 142 Å². The van der Waals surface area contributed by atoms with Gasteiger partial charge in [-0.1, -0.05) is 79.8 Å². The summed E-state index contributed by atoms with van der Waals surface area (Å²) < 4.78 is 1.25. The zero-order valence-electron chi connectivity index (χ0n) is 39.3. The van der Waals surface area contributed by atoms with E-state index in [2.05, 4.69) is 113 Å². The summed E-state index contributed by atoms with van der Waals surface area (Å²) in [6.45, 7) is 28.1. The molecule has 2 saturated heterocycles. The molecule has 7 rings (SSSR count). The summed E-state index contributed by atoms with van der Waals surface area (Å²) in [5.41, 5.74) is 21.1. The molecule has 12 heteroatoms. The molecule has 3 aromatic rings. The van der Waals surface area contributed by atoms with Crippen LogP contribution in [0, 0.1) is 30.6 Å². The van der Waals surface area contributed by atoms with Gasteiger partial charge < -0.3 is 31.3 Å². The lowest BCUT2D eigenvalue weighted by Gasteiger charge is -2.39. The second-order valence-electron chi connectivity index (χ2n) is 18.0. The van der Waals surface area contributed by atoms with E-state index in [0.717, 1.165) is 84.2 Å². The molecule has 4 atom stereocenters. The minimum Gasteiger partial charge on any atom is -0.401 e. The Kier molecular flexibility index (Phi) is 17.9. The quantitative estimate of drug-likeness (QED) is 0.0475. The molecule has 2 saturated carbocycles. The van der Waals surface area contributed by atoms with Crippen molar-refractivity contribution in [1.29, 1.82) is 0 Å². The van der Waals surface area contributed by atoms with E-state index in [4.69, 9.17) is 33.1 Å². The first-order chi connectivity index (χ1) is 29.7. The van der Waals surface area contributed by atoms with Crippen LogP contribution < -0.4 is 23.2 Å². The maximum Gasteiger partial charge on any atom is 0.116 e. The van der Waals surface area contributed by atoms with Gasteiger partial charge in [-0.25, -0.2) is 21.7 Å². The fraction of sp³-hybridized carbons (Fsp3) is 0.560. The van der Waals surface area contributed by atoms with E-state index < -0.39 is 0 Å². The maximum absolute atomic E-state index is 6.51. The summed E-state index contributed by atoms with van der Waals surface area (Å²) in [7, 11) is 0. The number of aliphatic imine (C=N–C) groups is 1. The third kappa shape index (κ3) is 12.4. The summed E-state index contributed by atoms with van der Waals surface area (Å²) >= 11 is 3.54. The highest BCUT2D eigenvalue weighted by molar-refractivity contribution is 8.13. The predicted molar refractivity (Wildman–Crippen MR) is 268 cm³/mol. The lowest BCUT2D eigenvalue weighted by Crippen LogP contribution is -2.48. The molecule has 3 heterocycles. The van der Waals surface area contributed by atoms with Gasteiger partial charge in [-0.05, 0) is 118 Å². The van der Waals surface area contributed by atoms with Crippen molar-refractivity contribution in [2.45, 2.75) is 137 Å². The number of allylic oxidation sites excluding steroid dienone is 2. The molecule has 10 nitrogen and oxygen atoms in total. The summed E-state index contributed by atoms with van der Waals surface area (Å²) in [5, 5.41) is 5.90. The van der Waals surface area contributed by atoms with Crippen LogP contribution in [0.2, 0.25) is 0 Å². The molecule has 2 aromatic carbocycles. The lowest BCUT2D eigenvalue weighted by molar-refractivity contribution is 0.191. The number of nitrogens with two attached hydrogens (primary N) is 4. The Bertz CT molecular complexity index is 2030. The molecule has 1 aromatic heterocycles. The van der Waals surface area contributed by atoms with E-state index in [1.165, 1.54) is 46.5 Å². The van der Waals surface area contributed by atoms with E-state index in [1.54, 1.807) is 33.1 Å². The summed E-state index contributed by atoms with van der Waals surface area (Å²) in [4.78, 5) is 14.8. The third-order valence-electron chi connectivity index (χ3n) is 12.4. The van der Waals surface area contributed by atoms with Gasteiger partial charge in [0.2, 0.25) is 0 Å². The van der Waals surface area contributed by atoms with Crippen LogP contribution in [0.4, 0.5) is 5.69 Å². The molecule has 0 radical (unpaired) electrons. The molecule has 340 valence electrons. The molecule has 4 unspecified atom stereocenters. The van der Waals surface area contributed by atoms with Crippen molar-refractivity contribution in [2.24, 2.45) is 51.8 Å². The SMILES string of the molecule is C=C(C(C(C)C)N(N)/C=C(\N)C1CC1)N1CCCC1C(=Nc1ccc(CC)cc1)SC.C=C(C(C(C)C)N(N)/C=C(\N)C1CC1)N1CCCC1c1nc2cc(C)ccc2s1.CC. The number of aryl methyl sites for hydroxylation is 2. The number of hydrazine groups is 2. The molecular formula is C50H78N10S2. The van der Waals surface area contributed by atoms with E-state index in [0.29, 0.717) is 23.7 Å². The molecule has 62 heavy (non-hydrogen) atoms. The van der Waals surface area contributed by atoms with Crippen molar-refractivity contribution in [3.05, 3.63) is 107 Å². The van der Waals surface area contributed by atoms with Gasteiger partial charge in [-0.3, -0.25) is 0 Å². The average Bonchev–Trinajstić information content (AvgIpc) is 4.14. The van der Waals surface area contributed by atoms with Gasteiger partial charge >= 0.3 is 0 Å². The monoisotopic (exact) mass is 883 g/mol. The Labute approximate surface area is 382 Å². The molecule has 8 N–H and O–H groups in total. The summed E-state index contributed by atoms with van der Waals surface area (Å²) in [6.07, 6.45) is 16.2. The van der Waals surface area contributed by atoms with Crippen LogP contribution in [0.1, 0.15) is 122 Å². The maximum atomic E-state index is 6.51. The van der Waals surface area contributed by atoms with Gasteiger partial charge in [0.1, 0.15) is 5.01 Å². The summed E-state index contributed by atoms with van der Waals surface area (Å²) in [5.74, 6) is 14.7. The molecule has 0 amide bonds. The van der Waals surface area contributed by atoms with E-state index in [-0.39, 0.29) is 24.2 Å². The standard InChI is InChI=1S/C25H39N5S.C23H33N5S.C2H6/c1-6-19-9-13-21(14-10-19)28-25(31-5)23-8-7-15-29(23)18(4)24(17(2)3)30(27)16-22(26)20-11-12-20;1-14(2)22(28(25)13-18(24)17-8-9-17)16(4)27-11-5-6-20(27)23-26-19-12-15(3)7-10-21(19)29-23;1-2/h9-10,13-14,16-17,20,23-24H,4,6-8,11-12,15,26-27H2,1-3,5H3;7,10,12-14,17,20,22H,4-6,8-9,11,24-25H2,1-3H3;1-2H3/b22-16-,28-25?;18-13-;. The van der Waals surface area contributed by atoms with E-state index >= 15 is 0 Å². The number of rotatable bonds is 16. The number of thiazole rings is 1. The van der Waals surface area contributed by atoms with Gasteiger partial charge in [0.05, 0.1) is 45.1 Å². The minimum absolute atomic E-state index is 0.00449. The first kappa shape index (κ1) is 49.1. The number of nitrogens with zero attached hydrogens (tertiary/aromatic N) is 6. The van der Waals surface area contributed by atoms with Crippen LogP contribution in [-0.2, 0) is 6.42 Å². The minimum atomic E-state index is 0.00449. The van der Waals surface area contributed by atoms with Crippen molar-refractivity contribution in [3.63, 3.8) is 0 Å². The number of hydrogen-bond acceptors (Lipinski definition) is 12. The van der Waals surface area contributed by atoms with Crippen LogP contribution >= 0.6 is 23.1 Å². The van der Waals surface area contributed by atoms with Crippen LogP contribution in [0.25, 0.3) is 10.2 Å². The molecule has 0 spiro atoms. The van der Waals surface area contributed by atoms with Crippen LogP contribution in [0.5, 0.6) is 0 Å². The van der Waals surface area contributed by atoms with Gasteiger partial charge in [-0.15, -0.1) is 23.1 Å². The Morgan fingerprint density at radius 2 is 1.37 bits per heavy atom. The molecular weight excluding hydrogens is 805 g/mol. The zero-order valence-corrected chi connectivity index (χ0v) is 40.9. The van der Waals surface area contributed by atoms with Crippen LogP contribution in [-0.4, -0.2) is 67.3 Å².